The molecule has 7 rings (SSSR count). The van der Waals surface area contributed by atoms with Crippen LogP contribution in [-0.2, 0) is 16.6 Å². The first-order chi connectivity index (χ1) is 19.5. The minimum atomic E-state index is -0.661. The molecule has 0 aliphatic heterocycles. The molecular weight excluding hydrogens is 496 g/mol. The van der Waals surface area contributed by atoms with Gasteiger partial charge in [0, 0.05) is 42.2 Å². The number of benzene rings is 2. The SMILES string of the molecule is CCN(CC)CCNC(=O)C(Cc1c[nH]c2ccccc12)NC(=O)c1ccc(C23CC4CC(CC(C4)C2)C3)cc1. The van der Waals surface area contributed by atoms with Crippen molar-refractivity contribution in [1.82, 2.24) is 20.5 Å². The van der Waals surface area contributed by atoms with Crippen molar-refractivity contribution in [2.45, 2.75) is 70.3 Å². The van der Waals surface area contributed by atoms with Gasteiger partial charge in [0.2, 0.25) is 5.91 Å². The van der Waals surface area contributed by atoms with E-state index < -0.39 is 6.04 Å². The third-order valence-electron chi connectivity index (χ3n) is 10.1. The first-order valence-corrected chi connectivity index (χ1v) is 15.4. The van der Waals surface area contributed by atoms with Gasteiger partial charge in [-0.1, -0.05) is 44.2 Å². The minimum absolute atomic E-state index is 0.143. The second kappa shape index (κ2) is 11.4. The number of nitrogens with one attached hydrogen (secondary N) is 3. The molecule has 4 fully saturated rings. The van der Waals surface area contributed by atoms with E-state index in [1.807, 2.05) is 36.5 Å². The lowest BCUT2D eigenvalue weighted by atomic mass is 9.48. The van der Waals surface area contributed by atoms with Gasteiger partial charge in [0.15, 0.2) is 0 Å². The number of para-hydroxylation sites is 1. The van der Waals surface area contributed by atoms with Crippen LogP contribution in [0.3, 0.4) is 0 Å². The lowest BCUT2D eigenvalue weighted by Crippen LogP contribution is -2.49. The molecule has 1 unspecified atom stereocenters. The van der Waals surface area contributed by atoms with Crippen molar-refractivity contribution >= 4 is 22.7 Å². The summed E-state index contributed by atoms with van der Waals surface area (Å²) in [6.07, 6.45) is 10.6. The van der Waals surface area contributed by atoms with Crippen molar-refractivity contribution in [1.29, 1.82) is 0 Å². The number of H-pyrrole nitrogens is 1. The number of fused-ring (bicyclic) bond motifs is 1. The molecular formula is C34H44N4O2. The summed E-state index contributed by atoms with van der Waals surface area (Å²) in [5.41, 5.74) is 4.40. The first kappa shape index (κ1) is 27.1. The van der Waals surface area contributed by atoms with Crippen LogP contribution >= 0.6 is 0 Å². The van der Waals surface area contributed by atoms with E-state index in [1.165, 1.54) is 44.1 Å². The van der Waals surface area contributed by atoms with Crippen molar-refractivity contribution in [3.8, 4) is 0 Å². The Labute approximate surface area is 238 Å². The Balaban J connectivity index is 1.16. The highest BCUT2D eigenvalue weighted by atomic mass is 16.2. The fourth-order valence-electron chi connectivity index (χ4n) is 8.41. The normalized spacial score (nSPS) is 25.8. The molecule has 3 N–H and O–H groups in total. The van der Waals surface area contributed by atoms with Gasteiger partial charge in [-0.2, -0.15) is 0 Å². The smallest absolute Gasteiger partial charge is 0.251 e. The molecule has 212 valence electrons. The Morgan fingerprint density at radius 2 is 1.60 bits per heavy atom. The molecule has 1 heterocycles. The predicted octanol–water partition coefficient (Wildman–Crippen LogP) is 5.43. The van der Waals surface area contributed by atoms with Crippen LogP contribution in [0, 0.1) is 17.8 Å². The Kier molecular flexibility index (Phi) is 7.71. The Morgan fingerprint density at radius 1 is 0.950 bits per heavy atom. The zero-order chi connectivity index (χ0) is 27.7. The summed E-state index contributed by atoms with van der Waals surface area (Å²) in [6, 6.07) is 15.8. The average molecular weight is 541 g/mol. The highest BCUT2D eigenvalue weighted by molar-refractivity contribution is 5.98. The van der Waals surface area contributed by atoms with Gasteiger partial charge in [-0.15, -0.1) is 0 Å². The monoisotopic (exact) mass is 540 g/mol. The molecule has 6 nitrogen and oxygen atoms in total. The van der Waals surface area contributed by atoms with Gasteiger partial charge in [0.05, 0.1) is 0 Å². The fourth-order valence-corrected chi connectivity index (χ4v) is 8.41. The molecule has 40 heavy (non-hydrogen) atoms. The number of nitrogens with zero attached hydrogens (tertiary/aromatic N) is 1. The molecule has 4 aliphatic carbocycles. The number of carbonyl (C=O) groups excluding carboxylic acids is 2. The van der Waals surface area contributed by atoms with Crippen molar-refractivity contribution in [3.63, 3.8) is 0 Å². The van der Waals surface area contributed by atoms with E-state index in [9.17, 15) is 9.59 Å². The molecule has 0 radical (unpaired) electrons. The van der Waals surface area contributed by atoms with E-state index >= 15 is 0 Å². The van der Waals surface area contributed by atoms with Crippen molar-refractivity contribution in [3.05, 3.63) is 71.4 Å². The largest absolute Gasteiger partial charge is 0.361 e. The summed E-state index contributed by atoms with van der Waals surface area (Å²) in [6.45, 7) is 7.49. The number of aromatic nitrogens is 1. The van der Waals surface area contributed by atoms with Gasteiger partial charge in [0.25, 0.3) is 5.91 Å². The quantitative estimate of drug-likeness (QED) is 0.303. The topological polar surface area (TPSA) is 77.2 Å². The van der Waals surface area contributed by atoms with Crippen LogP contribution in [0.4, 0.5) is 0 Å². The maximum Gasteiger partial charge on any atom is 0.251 e. The van der Waals surface area contributed by atoms with Crippen molar-refractivity contribution in [2.75, 3.05) is 26.2 Å². The van der Waals surface area contributed by atoms with Crippen LogP contribution in [0.25, 0.3) is 10.9 Å². The summed E-state index contributed by atoms with van der Waals surface area (Å²) in [5.74, 6) is 2.33. The molecule has 2 amide bonds. The number of amides is 2. The highest BCUT2D eigenvalue weighted by Crippen LogP contribution is 2.60. The van der Waals surface area contributed by atoms with Crippen molar-refractivity contribution in [2.24, 2.45) is 17.8 Å². The van der Waals surface area contributed by atoms with Crippen LogP contribution in [0.2, 0.25) is 0 Å². The number of hydrogen-bond donors (Lipinski definition) is 3. The summed E-state index contributed by atoms with van der Waals surface area (Å²) < 4.78 is 0. The predicted molar refractivity (Wildman–Crippen MR) is 160 cm³/mol. The summed E-state index contributed by atoms with van der Waals surface area (Å²) in [5, 5.41) is 7.24. The molecule has 4 saturated carbocycles. The molecule has 2 aromatic carbocycles. The van der Waals surface area contributed by atoms with E-state index in [1.54, 1.807) is 0 Å². The van der Waals surface area contributed by atoms with Crippen molar-refractivity contribution < 1.29 is 9.59 Å². The van der Waals surface area contributed by atoms with E-state index in [-0.39, 0.29) is 11.8 Å². The molecule has 0 saturated heterocycles. The van der Waals surface area contributed by atoms with E-state index in [2.05, 4.69) is 52.6 Å². The lowest BCUT2D eigenvalue weighted by molar-refractivity contribution is -0.123. The van der Waals surface area contributed by atoms with Crippen LogP contribution in [0.1, 0.15) is 73.9 Å². The molecule has 3 aromatic rings. The zero-order valence-corrected chi connectivity index (χ0v) is 24.0. The minimum Gasteiger partial charge on any atom is -0.361 e. The maximum absolute atomic E-state index is 13.5. The highest BCUT2D eigenvalue weighted by Gasteiger charge is 2.51. The van der Waals surface area contributed by atoms with Crippen LogP contribution < -0.4 is 10.6 Å². The Bertz CT molecular complexity index is 1300. The molecule has 1 aromatic heterocycles. The van der Waals surface area contributed by atoms with Crippen LogP contribution in [0.5, 0.6) is 0 Å². The zero-order valence-electron chi connectivity index (χ0n) is 24.0. The number of carbonyl (C=O) groups is 2. The number of likely N-dealkylation sites (N-methyl/N-ethyl adjacent to an activating group) is 1. The van der Waals surface area contributed by atoms with Gasteiger partial charge < -0.3 is 20.5 Å². The molecule has 4 aliphatic rings. The van der Waals surface area contributed by atoms with Gasteiger partial charge in [-0.3, -0.25) is 9.59 Å². The third kappa shape index (κ3) is 5.43. The Hall–Kier alpha value is -3.12. The molecule has 4 bridgehead atoms. The van der Waals surface area contributed by atoms with Gasteiger partial charge >= 0.3 is 0 Å². The van der Waals surface area contributed by atoms with E-state index in [0.29, 0.717) is 23.9 Å². The lowest BCUT2D eigenvalue weighted by Gasteiger charge is -2.57. The summed E-state index contributed by atoms with van der Waals surface area (Å²) >= 11 is 0. The molecule has 0 spiro atoms. The summed E-state index contributed by atoms with van der Waals surface area (Å²) in [4.78, 5) is 32.4. The standard InChI is InChI=1S/C34H44N4O2/c1-3-38(4-2)14-13-35-33(40)31(18-27-22-36-30-8-6-5-7-29(27)30)37-32(39)26-9-11-28(12-10-26)34-19-23-15-24(20-34)17-25(16-23)21-34/h5-12,22-25,31,36H,3-4,13-21H2,1-2H3,(H,35,40)(H,37,39). The first-order valence-electron chi connectivity index (χ1n) is 15.4. The molecule has 6 heteroatoms. The van der Waals surface area contributed by atoms with Gasteiger partial charge in [-0.25, -0.2) is 0 Å². The molecule has 1 atom stereocenters. The van der Waals surface area contributed by atoms with Gasteiger partial charge in [-0.05, 0) is 104 Å². The Morgan fingerprint density at radius 3 is 2.25 bits per heavy atom. The average Bonchev–Trinajstić information content (AvgIpc) is 3.37. The third-order valence-corrected chi connectivity index (χ3v) is 10.1. The number of aromatic amines is 1. The van der Waals surface area contributed by atoms with E-state index in [4.69, 9.17) is 0 Å². The second-order valence-electron chi connectivity index (χ2n) is 12.7. The van der Waals surface area contributed by atoms with Crippen LogP contribution in [-0.4, -0.2) is 53.9 Å². The number of hydrogen-bond acceptors (Lipinski definition) is 3. The van der Waals surface area contributed by atoms with E-state index in [0.717, 1.165) is 53.9 Å². The van der Waals surface area contributed by atoms with Gasteiger partial charge in [0.1, 0.15) is 6.04 Å². The summed E-state index contributed by atoms with van der Waals surface area (Å²) in [7, 11) is 0. The maximum atomic E-state index is 13.5. The number of rotatable bonds is 11. The fraction of sp³-hybridized carbons (Fsp3) is 0.529. The second-order valence-corrected chi connectivity index (χ2v) is 12.7. The van der Waals surface area contributed by atoms with Crippen LogP contribution in [0.15, 0.2) is 54.7 Å².